The van der Waals surface area contributed by atoms with Gasteiger partial charge in [-0.25, -0.2) is 4.79 Å². The van der Waals surface area contributed by atoms with Crippen molar-refractivity contribution in [3.05, 3.63) is 81.9 Å². The Hall–Kier alpha value is -3.15. The zero-order chi connectivity index (χ0) is 17.3. The number of hydrogen-bond acceptors (Lipinski definition) is 5. The van der Waals surface area contributed by atoms with Crippen LogP contribution < -0.4 is 4.74 Å². The molecule has 0 unspecified atom stereocenters. The summed E-state index contributed by atoms with van der Waals surface area (Å²) in [5, 5.41) is 10.8. The average molecular weight is 325 g/mol. The predicted octanol–water partition coefficient (Wildman–Crippen LogP) is 3.54. The summed E-state index contributed by atoms with van der Waals surface area (Å²) in [6.45, 7) is 3.84. The minimum atomic E-state index is -0.556. The van der Waals surface area contributed by atoms with Crippen LogP contribution in [0.2, 0.25) is 0 Å². The third-order valence-electron chi connectivity index (χ3n) is 4.08. The number of ether oxygens (including phenoxy) is 2. The molecule has 0 aromatic heterocycles. The first-order valence-corrected chi connectivity index (χ1v) is 7.29. The number of nitro benzene ring substituents is 1. The first kappa shape index (κ1) is 15.7. The van der Waals surface area contributed by atoms with E-state index >= 15 is 0 Å². The van der Waals surface area contributed by atoms with Gasteiger partial charge in [-0.2, -0.15) is 0 Å². The molecule has 0 radical (unpaired) electrons. The smallest absolute Gasteiger partial charge is 0.334 e. The van der Waals surface area contributed by atoms with E-state index < -0.39 is 17.0 Å². The van der Waals surface area contributed by atoms with Crippen molar-refractivity contribution in [3.8, 4) is 5.75 Å². The fourth-order valence-electron chi connectivity index (χ4n) is 2.80. The van der Waals surface area contributed by atoms with E-state index in [0.29, 0.717) is 16.9 Å². The van der Waals surface area contributed by atoms with E-state index in [1.54, 1.807) is 31.4 Å². The van der Waals surface area contributed by atoms with Crippen molar-refractivity contribution >= 4 is 11.7 Å². The summed E-state index contributed by atoms with van der Waals surface area (Å²) in [7, 11) is 1.58. The molecule has 1 heterocycles. The summed E-state index contributed by atoms with van der Waals surface area (Å²) in [5.41, 5.74) is 1.91. The monoisotopic (exact) mass is 325 g/mol. The fraction of sp³-hybridized carbons (Fsp3) is 0.167. The number of benzene rings is 2. The van der Waals surface area contributed by atoms with Crippen molar-refractivity contribution < 1.29 is 19.2 Å². The van der Waals surface area contributed by atoms with E-state index in [1.165, 1.54) is 12.1 Å². The summed E-state index contributed by atoms with van der Waals surface area (Å²) in [5.74, 6) is -0.0921. The fourth-order valence-corrected chi connectivity index (χ4v) is 2.80. The summed E-state index contributed by atoms with van der Waals surface area (Å²) in [4.78, 5) is 22.3. The molecule has 1 aliphatic heterocycles. The van der Waals surface area contributed by atoms with E-state index in [2.05, 4.69) is 6.58 Å². The molecule has 24 heavy (non-hydrogen) atoms. The number of carbonyl (C=O) groups excluding carboxylic acids is 1. The van der Waals surface area contributed by atoms with Crippen LogP contribution in [-0.2, 0) is 9.53 Å². The molecule has 3 rings (SSSR count). The SMILES string of the molecule is C=C1C(=O)O[C@H](c2ccc([N+](=O)[O-])cc2)[C@H]1c1ccc(OC)cc1. The molecule has 1 fully saturated rings. The van der Waals surface area contributed by atoms with E-state index in [0.717, 1.165) is 5.56 Å². The number of methoxy groups -OCH3 is 1. The topological polar surface area (TPSA) is 78.7 Å². The number of cyclic esters (lactones) is 1. The second kappa shape index (κ2) is 6.16. The molecule has 1 aliphatic rings. The maximum Gasteiger partial charge on any atom is 0.334 e. The summed E-state index contributed by atoms with van der Waals surface area (Å²) in [6.07, 6.45) is -0.556. The molecule has 2 atom stereocenters. The highest BCUT2D eigenvalue weighted by atomic mass is 16.6. The molecule has 1 saturated heterocycles. The quantitative estimate of drug-likeness (QED) is 0.372. The Kier molecular flexibility index (Phi) is 4.04. The van der Waals surface area contributed by atoms with E-state index in [1.807, 2.05) is 12.1 Å². The molecule has 2 aromatic rings. The van der Waals surface area contributed by atoms with Crippen LogP contribution in [0.3, 0.4) is 0 Å². The highest BCUT2D eigenvalue weighted by Gasteiger charge is 2.40. The van der Waals surface area contributed by atoms with Crippen molar-refractivity contribution in [2.75, 3.05) is 7.11 Å². The number of rotatable bonds is 4. The van der Waals surface area contributed by atoms with Crippen molar-refractivity contribution in [1.29, 1.82) is 0 Å². The van der Waals surface area contributed by atoms with Crippen LogP contribution >= 0.6 is 0 Å². The number of non-ortho nitro benzene ring substituents is 1. The molecule has 6 nitrogen and oxygen atoms in total. The van der Waals surface area contributed by atoms with E-state index in [9.17, 15) is 14.9 Å². The molecule has 122 valence electrons. The first-order chi connectivity index (χ1) is 11.5. The Balaban J connectivity index is 1.96. The van der Waals surface area contributed by atoms with Gasteiger partial charge < -0.3 is 9.47 Å². The first-order valence-electron chi connectivity index (χ1n) is 7.29. The Morgan fingerprint density at radius 3 is 2.21 bits per heavy atom. The van der Waals surface area contributed by atoms with Gasteiger partial charge in [-0.3, -0.25) is 10.1 Å². The van der Waals surface area contributed by atoms with Crippen LogP contribution in [0, 0.1) is 10.1 Å². The van der Waals surface area contributed by atoms with Gasteiger partial charge in [-0.15, -0.1) is 0 Å². The second-order valence-corrected chi connectivity index (χ2v) is 5.45. The highest BCUT2D eigenvalue weighted by molar-refractivity contribution is 5.92. The second-order valence-electron chi connectivity index (χ2n) is 5.45. The lowest BCUT2D eigenvalue weighted by Gasteiger charge is -2.18. The van der Waals surface area contributed by atoms with Crippen LogP contribution in [0.25, 0.3) is 0 Å². The van der Waals surface area contributed by atoms with Crippen molar-refractivity contribution in [2.45, 2.75) is 12.0 Å². The van der Waals surface area contributed by atoms with Crippen LogP contribution in [0.4, 0.5) is 5.69 Å². The minimum Gasteiger partial charge on any atom is -0.497 e. The van der Waals surface area contributed by atoms with Crippen LogP contribution in [-0.4, -0.2) is 18.0 Å². The maximum absolute atomic E-state index is 12.0. The minimum absolute atomic E-state index is 0.0112. The van der Waals surface area contributed by atoms with E-state index in [-0.39, 0.29) is 11.6 Å². The molecule has 2 aromatic carbocycles. The van der Waals surface area contributed by atoms with Crippen LogP contribution in [0.1, 0.15) is 23.1 Å². The Labute approximate surface area is 138 Å². The van der Waals surface area contributed by atoms with E-state index in [4.69, 9.17) is 9.47 Å². The molecular weight excluding hydrogens is 310 g/mol. The molecule has 0 bridgehead atoms. The molecule has 0 N–H and O–H groups in total. The lowest BCUT2D eigenvalue weighted by molar-refractivity contribution is -0.384. The van der Waals surface area contributed by atoms with Gasteiger partial charge in [0.1, 0.15) is 11.9 Å². The van der Waals surface area contributed by atoms with Gasteiger partial charge in [-0.05, 0) is 35.4 Å². The predicted molar refractivity (Wildman–Crippen MR) is 86.8 cm³/mol. The standard InChI is InChI=1S/C18H15NO5/c1-11-16(12-5-9-15(23-2)10-6-12)17(24-18(11)20)13-3-7-14(8-4-13)19(21)22/h3-10,16-17H,1H2,2H3/t16-,17-/m1/s1. The third-order valence-corrected chi connectivity index (χ3v) is 4.08. The van der Waals surface area contributed by atoms with Gasteiger partial charge in [0.05, 0.1) is 18.0 Å². The van der Waals surface area contributed by atoms with Gasteiger partial charge in [0.15, 0.2) is 0 Å². The lowest BCUT2D eigenvalue weighted by Crippen LogP contribution is -2.07. The largest absolute Gasteiger partial charge is 0.497 e. The van der Waals surface area contributed by atoms with Crippen molar-refractivity contribution in [3.63, 3.8) is 0 Å². The number of hydrogen-bond donors (Lipinski definition) is 0. The number of esters is 1. The van der Waals surface area contributed by atoms with Gasteiger partial charge >= 0.3 is 5.97 Å². The molecule has 6 heteroatoms. The van der Waals surface area contributed by atoms with Crippen molar-refractivity contribution in [2.24, 2.45) is 0 Å². The molecular formula is C18H15NO5. The molecule has 0 spiro atoms. The number of carbonyl (C=O) groups is 1. The molecule has 0 amide bonds. The Morgan fingerprint density at radius 1 is 1.08 bits per heavy atom. The summed E-state index contributed by atoms with van der Waals surface area (Å²) < 4.78 is 10.6. The Bertz CT molecular complexity index is 795. The number of nitrogens with zero attached hydrogens (tertiary/aromatic N) is 1. The highest BCUT2D eigenvalue weighted by Crippen LogP contribution is 2.45. The third kappa shape index (κ3) is 2.74. The van der Waals surface area contributed by atoms with Gasteiger partial charge in [0.2, 0.25) is 0 Å². The van der Waals surface area contributed by atoms with Gasteiger partial charge in [-0.1, -0.05) is 18.7 Å². The lowest BCUT2D eigenvalue weighted by atomic mass is 9.86. The Morgan fingerprint density at radius 2 is 1.67 bits per heavy atom. The van der Waals surface area contributed by atoms with Crippen LogP contribution in [0.5, 0.6) is 5.75 Å². The average Bonchev–Trinajstić information content (AvgIpc) is 2.90. The zero-order valence-corrected chi connectivity index (χ0v) is 13.0. The number of nitro groups is 1. The summed E-state index contributed by atoms with van der Waals surface area (Å²) in [6, 6.07) is 13.3. The molecule has 0 saturated carbocycles. The van der Waals surface area contributed by atoms with Gasteiger partial charge in [0, 0.05) is 17.7 Å². The maximum atomic E-state index is 12.0. The zero-order valence-electron chi connectivity index (χ0n) is 13.0. The summed E-state index contributed by atoms with van der Waals surface area (Å²) >= 11 is 0. The molecule has 0 aliphatic carbocycles. The normalized spacial score (nSPS) is 19.9. The van der Waals surface area contributed by atoms with Crippen molar-refractivity contribution in [1.82, 2.24) is 0 Å². The van der Waals surface area contributed by atoms with Crippen LogP contribution in [0.15, 0.2) is 60.7 Å². The van der Waals surface area contributed by atoms with Gasteiger partial charge in [0.25, 0.3) is 5.69 Å².